The van der Waals surface area contributed by atoms with Crippen molar-refractivity contribution in [1.29, 1.82) is 0 Å². The maximum absolute atomic E-state index is 13.2. The average molecular weight is 524 g/mol. The minimum atomic E-state index is -0.156. The highest BCUT2D eigenvalue weighted by Gasteiger charge is 2.40. The van der Waals surface area contributed by atoms with Crippen LogP contribution >= 0.6 is 39.1 Å². The summed E-state index contributed by atoms with van der Waals surface area (Å²) in [7, 11) is 0. The van der Waals surface area contributed by atoms with E-state index in [1.54, 1.807) is 12.1 Å². The van der Waals surface area contributed by atoms with Crippen molar-refractivity contribution >= 4 is 56.4 Å². The molecular weight excluding hydrogens is 499 g/mol. The fourth-order valence-electron chi connectivity index (χ4n) is 4.23. The van der Waals surface area contributed by atoms with E-state index in [2.05, 4.69) is 21.4 Å². The van der Waals surface area contributed by atoms with Gasteiger partial charge in [0.1, 0.15) is 5.71 Å². The van der Waals surface area contributed by atoms with E-state index in [4.69, 9.17) is 28.3 Å². The number of hydrazone groups is 1. The topological polar surface area (TPSA) is 47.9 Å². The van der Waals surface area contributed by atoms with E-state index in [9.17, 15) is 4.79 Å². The van der Waals surface area contributed by atoms with Crippen LogP contribution < -0.4 is 10.4 Å². The molecule has 4 rings (SSSR count). The molecule has 2 aliphatic rings. The van der Waals surface area contributed by atoms with Crippen LogP contribution in [-0.2, 0) is 4.79 Å². The van der Waals surface area contributed by atoms with Crippen molar-refractivity contribution in [1.82, 2.24) is 10.4 Å². The Balaban J connectivity index is 1.66. The van der Waals surface area contributed by atoms with Crippen molar-refractivity contribution in [3.8, 4) is 0 Å². The van der Waals surface area contributed by atoms with E-state index in [1.807, 2.05) is 47.3 Å². The molecule has 1 saturated heterocycles. The van der Waals surface area contributed by atoms with E-state index in [1.165, 1.54) is 12.8 Å². The quantitative estimate of drug-likeness (QED) is 0.517. The maximum atomic E-state index is 13.2. The van der Waals surface area contributed by atoms with Gasteiger partial charge in [0.05, 0.1) is 16.8 Å². The molecule has 2 heterocycles. The molecule has 0 aromatic heterocycles. The number of benzene rings is 2. The maximum Gasteiger partial charge on any atom is 0.282 e. The zero-order chi connectivity index (χ0) is 22.0. The van der Waals surface area contributed by atoms with Gasteiger partial charge in [0, 0.05) is 28.5 Å². The summed E-state index contributed by atoms with van der Waals surface area (Å²) in [6.07, 6.45) is 4.60. The minimum absolute atomic E-state index is 0.125. The Morgan fingerprint density at radius 1 is 1.06 bits per heavy atom. The van der Waals surface area contributed by atoms with Crippen LogP contribution in [0.4, 0.5) is 5.69 Å². The number of carbonyl (C=O) groups is 1. The molecule has 31 heavy (non-hydrogen) atoms. The summed E-state index contributed by atoms with van der Waals surface area (Å²) >= 11 is 16.1. The smallest absolute Gasteiger partial charge is 0.282 e. The first-order chi connectivity index (χ1) is 14.9. The number of nitrogens with zero attached hydrogens (tertiary/aromatic N) is 3. The first kappa shape index (κ1) is 22.6. The summed E-state index contributed by atoms with van der Waals surface area (Å²) in [5.41, 5.74) is 5.37. The van der Waals surface area contributed by atoms with Gasteiger partial charge in [0.25, 0.3) is 5.91 Å². The molecule has 2 aromatic carbocycles. The molecule has 2 aliphatic heterocycles. The number of hydrazine groups is 1. The largest absolute Gasteiger partial charge is 0.284 e. The predicted molar refractivity (Wildman–Crippen MR) is 131 cm³/mol. The third-order valence-corrected chi connectivity index (χ3v) is 6.92. The molecule has 8 heteroatoms. The average Bonchev–Trinajstić information content (AvgIpc) is 2.89. The number of amides is 1. The Bertz CT molecular complexity index is 974. The molecule has 2 aromatic rings. The lowest BCUT2D eigenvalue weighted by molar-refractivity contribution is -0.119. The molecule has 0 aliphatic carbocycles. The molecule has 0 spiro atoms. The summed E-state index contributed by atoms with van der Waals surface area (Å²) < 4.78 is 0.998. The van der Waals surface area contributed by atoms with Gasteiger partial charge in [0.2, 0.25) is 0 Å². The zero-order valence-corrected chi connectivity index (χ0v) is 20.4. The lowest BCUT2D eigenvalue weighted by Crippen LogP contribution is -2.46. The van der Waals surface area contributed by atoms with E-state index < -0.39 is 0 Å². The Hall–Kier alpha value is -1.60. The van der Waals surface area contributed by atoms with Crippen LogP contribution in [0.1, 0.15) is 44.2 Å². The van der Waals surface area contributed by atoms with Gasteiger partial charge in [-0.2, -0.15) is 5.10 Å². The van der Waals surface area contributed by atoms with Gasteiger partial charge in [0.15, 0.2) is 0 Å². The lowest BCUT2D eigenvalue weighted by Gasteiger charge is -2.28. The first-order valence-corrected chi connectivity index (χ1v) is 12.1. The zero-order valence-electron chi connectivity index (χ0n) is 17.3. The van der Waals surface area contributed by atoms with Crippen molar-refractivity contribution in [2.24, 2.45) is 11.0 Å². The second-order valence-corrected chi connectivity index (χ2v) is 9.81. The van der Waals surface area contributed by atoms with Gasteiger partial charge < -0.3 is 0 Å². The van der Waals surface area contributed by atoms with Gasteiger partial charge in [-0.15, -0.1) is 0 Å². The Morgan fingerprint density at radius 2 is 1.74 bits per heavy atom. The monoisotopic (exact) mass is 522 g/mol. The molecule has 1 fully saturated rings. The second-order valence-electron chi connectivity index (χ2n) is 8.05. The van der Waals surface area contributed by atoms with Crippen LogP contribution in [0.15, 0.2) is 52.0 Å². The van der Waals surface area contributed by atoms with E-state index >= 15 is 0 Å². The summed E-state index contributed by atoms with van der Waals surface area (Å²) in [6, 6.07) is 13.3. The van der Waals surface area contributed by atoms with E-state index in [-0.39, 0.29) is 17.9 Å². The number of hydrogen-bond donors (Lipinski definition) is 1. The summed E-state index contributed by atoms with van der Waals surface area (Å²) in [5.74, 6) is -0.274. The summed E-state index contributed by atoms with van der Waals surface area (Å²) in [4.78, 5) is 13.2. The molecule has 2 atom stereocenters. The van der Waals surface area contributed by atoms with Crippen LogP contribution in [0.5, 0.6) is 0 Å². The van der Waals surface area contributed by atoms with Crippen molar-refractivity contribution in [3.05, 3.63) is 62.5 Å². The van der Waals surface area contributed by atoms with Gasteiger partial charge >= 0.3 is 0 Å². The fourth-order valence-corrected chi connectivity index (χ4v) is 4.99. The van der Waals surface area contributed by atoms with Crippen molar-refractivity contribution in [2.75, 3.05) is 18.1 Å². The molecule has 0 unspecified atom stereocenters. The Labute approximate surface area is 201 Å². The molecule has 0 bridgehead atoms. The summed E-state index contributed by atoms with van der Waals surface area (Å²) in [6.45, 7) is 3.78. The molecule has 5 nitrogen and oxygen atoms in total. The van der Waals surface area contributed by atoms with Crippen LogP contribution in [0.2, 0.25) is 10.0 Å². The van der Waals surface area contributed by atoms with Crippen LogP contribution in [-0.4, -0.2) is 29.7 Å². The molecule has 0 saturated carbocycles. The minimum Gasteiger partial charge on any atom is -0.284 e. The van der Waals surface area contributed by atoms with Gasteiger partial charge in [-0.1, -0.05) is 71.0 Å². The number of halogens is 3. The molecular formula is C23H25BrCl2N4O. The van der Waals surface area contributed by atoms with E-state index in [0.29, 0.717) is 15.8 Å². The number of hydrogen-bond acceptors (Lipinski definition) is 4. The molecule has 1 N–H and O–H groups in total. The highest BCUT2D eigenvalue weighted by molar-refractivity contribution is 9.10. The Morgan fingerprint density at radius 3 is 2.39 bits per heavy atom. The Kier molecular flexibility index (Phi) is 7.22. The van der Waals surface area contributed by atoms with Crippen molar-refractivity contribution in [3.63, 3.8) is 0 Å². The van der Waals surface area contributed by atoms with Crippen molar-refractivity contribution in [2.45, 2.75) is 38.6 Å². The van der Waals surface area contributed by atoms with Crippen LogP contribution in [0.3, 0.4) is 0 Å². The standard InChI is InChI=1S/C23H25BrCl2N4O/c1-15-21(23(31)28-29-12-4-2-3-5-13-29)27-30(20-11-10-18(25)14-19(20)26)22(15)16-6-8-17(24)9-7-16/h6-11,14-15,22H,2-5,12-13H2,1H3,(H,28,31)/t15-,22+/m0/s1. The third kappa shape index (κ3) is 5.08. The summed E-state index contributed by atoms with van der Waals surface area (Å²) in [5, 5.41) is 9.71. The highest BCUT2D eigenvalue weighted by Crippen LogP contribution is 2.42. The number of rotatable bonds is 4. The fraction of sp³-hybridized carbons (Fsp3) is 0.391. The van der Waals surface area contributed by atoms with Crippen molar-refractivity contribution < 1.29 is 4.79 Å². The van der Waals surface area contributed by atoms with Crippen LogP contribution in [0.25, 0.3) is 0 Å². The molecule has 0 radical (unpaired) electrons. The lowest BCUT2D eigenvalue weighted by atomic mass is 9.91. The first-order valence-electron chi connectivity index (χ1n) is 10.6. The molecule has 164 valence electrons. The normalized spacial score (nSPS) is 22.2. The number of nitrogens with one attached hydrogen (secondary N) is 1. The predicted octanol–water partition coefficient (Wildman–Crippen LogP) is 6.22. The number of anilines is 1. The SMILES string of the molecule is C[C@H]1C(C(=O)NN2CCCCCC2)=NN(c2ccc(Cl)cc2Cl)[C@H]1c1ccc(Br)cc1. The van der Waals surface area contributed by atoms with E-state index in [0.717, 1.165) is 41.7 Å². The highest BCUT2D eigenvalue weighted by atomic mass is 79.9. The number of carbonyl (C=O) groups excluding carboxylic acids is 1. The molecule has 1 amide bonds. The van der Waals surface area contributed by atoms with Gasteiger partial charge in [-0.25, -0.2) is 5.01 Å². The third-order valence-electron chi connectivity index (χ3n) is 5.85. The second kappa shape index (κ2) is 9.90. The van der Waals surface area contributed by atoms with Gasteiger partial charge in [-0.3, -0.25) is 15.2 Å². The van der Waals surface area contributed by atoms with Gasteiger partial charge in [-0.05, 0) is 48.7 Å². The van der Waals surface area contributed by atoms with Crippen LogP contribution in [0, 0.1) is 5.92 Å².